The third-order valence-electron chi connectivity index (χ3n) is 6.55. The van der Waals surface area contributed by atoms with Gasteiger partial charge in [-0.05, 0) is 54.1 Å². The molecule has 0 bridgehead atoms. The molecule has 0 spiro atoms. The summed E-state index contributed by atoms with van der Waals surface area (Å²) >= 11 is 0. The van der Waals surface area contributed by atoms with Crippen LogP contribution in [0, 0.1) is 0 Å². The largest absolute Gasteiger partial charge is 0.494 e. The fourth-order valence-electron chi connectivity index (χ4n) is 4.50. The number of primary amides is 1. The molecular formula is C26H32N6O8. The summed E-state index contributed by atoms with van der Waals surface area (Å²) in [6, 6.07) is 13.1. The van der Waals surface area contributed by atoms with E-state index in [1.54, 1.807) is 6.07 Å². The van der Waals surface area contributed by atoms with Crippen molar-refractivity contribution in [3.8, 4) is 11.6 Å². The molecule has 14 nitrogen and oxygen atoms in total. The van der Waals surface area contributed by atoms with Crippen molar-refractivity contribution in [3.05, 3.63) is 64.0 Å². The zero-order valence-electron chi connectivity index (χ0n) is 21.6. The fourth-order valence-corrected chi connectivity index (χ4v) is 4.50. The highest BCUT2D eigenvalue weighted by atomic mass is 16.7. The molecule has 1 aliphatic rings. The van der Waals surface area contributed by atoms with Gasteiger partial charge in [-0.2, -0.15) is 0 Å². The molecule has 4 rings (SSSR count). The molecule has 0 radical (unpaired) electrons. The summed E-state index contributed by atoms with van der Waals surface area (Å²) in [6.45, 7) is -0.0140. The lowest BCUT2D eigenvalue weighted by molar-refractivity contribution is -0.278. The molecule has 14 heteroatoms. The van der Waals surface area contributed by atoms with E-state index in [9.17, 15) is 25.2 Å². The van der Waals surface area contributed by atoms with Crippen LogP contribution in [-0.2, 0) is 28.9 Å². The Morgan fingerprint density at radius 1 is 1.12 bits per heavy atom. The van der Waals surface area contributed by atoms with E-state index in [1.807, 2.05) is 36.4 Å². The SMILES string of the molecule is [N-]=[N+]=NCCCOc1ccc(CCc2cccc3c2c(O[C@@H]2O[C@H](CO)[C@@H](O)[C@H](O)[C@H]2O)nn3CC(N)=O)cc1. The third kappa shape index (κ3) is 6.80. The number of aromatic nitrogens is 2. The van der Waals surface area contributed by atoms with Crippen LogP contribution in [0.5, 0.6) is 11.6 Å². The number of hydrogen-bond acceptors (Lipinski definition) is 10. The lowest BCUT2D eigenvalue weighted by Gasteiger charge is -2.39. The Labute approximate surface area is 229 Å². The second-order valence-electron chi connectivity index (χ2n) is 9.36. The molecule has 214 valence electrons. The number of benzene rings is 2. The highest BCUT2D eigenvalue weighted by molar-refractivity contribution is 5.89. The van der Waals surface area contributed by atoms with Crippen molar-refractivity contribution in [2.45, 2.75) is 56.5 Å². The standard InChI is InChI=1S/C26H32N6O8/c27-20(34)13-32-18-4-1-3-16(8-5-15-6-9-17(10-7-15)38-12-2-11-29-31-28)21(18)25(30-32)40-26-24(37)23(36)22(35)19(14-33)39-26/h1,3-4,6-7,9-10,19,22-24,26,33,35-37H,2,5,8,11-14H2,(H2,27,34)/t19-,22-,23+,24-,26+/m1/s1. The summed E-state index contributed by atoms with van der Waals surface area (Å²) in [5.41, 5.74) is 16.2. The number of azide groups is 1. The molecule has 1 amide bonds. The van der Waals surface area contributed by atoms with Crippen LogP contribution < -0.4 is 15.2 Å². The fraction of sp³-hybridized carbons (Fsp3) is 0.462. The second-order valence-corrected chi connectivity index (χ2v) is 9.36. The number of amides is 1. The number of fused-ring (bicyclic) bond motifs is 1. The van der Waals surface area contributed by atoms with Gasteiger partial charge in [-0.1, -0.05) is 29.4 Å². The molecule has 3 aromatic rings. The van der Waals surface area contributed by atoms with Crippen LogP contribution in [0.15, 0.2) is 47.6 Å². The van der Waals surface area contributed by atoms with Crippen molar-refractivity contribution >= 4 is 16.8 Å². The Balaban J connectivity index is 1.54. The summed E-state index contributed by atoms with van der Waals surface area (Å²) in [5, 5.41) is 48.7. The van der Waals surface area contributed by atoms with Crippen LogP contribution >= 0.6 is 0 Å². The highest BCUT2D eigenvalue weighted by Gasteiger charge is 2.45. The topological polar surface area (TPSA) is 218 Å². The minimum atomic E-state index is -1.62. The number of carbonyl (C=O) groups excluding carboxylic acids is 1. The number of carbonyl (C=O) groups is 1. The van der Waals surface area contributed by atoms with Crippen LogP contribution in [0.3, 0.4) is 0 Å². The van der Waals surface area contributed by atoms with Crippen molar-refractivity contribution in [3.63, 3.8) is 0 Å². The second kappa shape index (κ2) is 13.4. The Morgan fingerprint density at radius 2 is 1.90 bits per heavy atom. The molecule has 6 N–H and O–H groups in total. The van der Waals surface area contributed by atoms with E-state index in [-0.39, 0.29) is 12.4 Å². The molecule has 0 saturated carbocycles. The first-order valence-corrected chi connectivity index (χ1v) is 12.8. The van der Waals surface area contributed by atoms with Gasteiger partial charge in [0.2, 0.25) is 18.1 Å². The number of rotatable bonds is 13. The molecule has 0 aliphatic carbocycles. The number of aryl methyl sites for hydroxylation is 2. The summed E-state index contributed by atoms with van der Waals surface area (Å²) in [4.78, 5) is 14.4. The van der Waals surface area contributed by atoms with Gasteiger partial charge in [0.25, 0.3) is 0 Å². The number of aliphatic hydroxyl groups is 4. The minimum absolute atomic E-state index is 0.0423. The van der Waals surface area contributed by atoms with Gasteiger partial charge in [0, 0.05) is 11.5 Å². The molecule has 1 aromatic heterocycles. The van der Waals surface area contributed by atoms with Crippen molar-refractivity contribution in [2.24, 2.45) is 10.8 Å². The maximum atomic E-state index is 11.7. The van der Waals surface area contributed by atoms with Crippen molar-refractivity contribution in [1.29, 1.82) is 0 Å². The first-order chi connectivity index (χ1) is 19.3. The molecule has 2 aromatic carbocycles. The summed E-state index contributed by atoms with van der Waals surface area (Å²) in [5.74, 6) is 0.129. The lowest BCUT2D eigenvalue weighted by Crippen LogP contribution is -2.60. The quantitative estimate of drug-likeness (QED) is 0.0858. The van der Waals surface area contributed by atoms with E-state index in [2.05, 4.69) is 15.1 Å². The smallest absolute Gasteiger partial charge is 0.243 e. The van der Waals surface area contributed by atoms with Gasteiger partial charge in [0.1, 0.15) is 36.7 Å². The van der Waals surface area contributed by atoms with Crippen LogP contribution in [-0.4, -0.2) is 86.6 Å². The van der Waals surface area contributed by atoms with E-state index in [0.29, 0.717) is 49.1 Å². The molecule has 1 aliphatic heterocycles. The molecule has 1 saturated heterocycles. The van der Waals surface area contributed by atoms with Crippen LogP contribution in [0.2, 0.25) is 0 Å². The average molecular weight is 557 g/mol. The third-order valence-corrected chi connectivity index (χ3v) is 6.55. The van der Waals surface area contributed by atoms with E-state index in [0.717, 1.165) is 11.1 Å². The Bertz CT molecular complexity index is 1340. The number of hydrogen-bond donors (Lipinski definition) is 5. The number of aliphatic hydroxyl groups excluding tert-OH is 4. The van der Waals surface area contributed by atoms with E-state index >= 15 is 0 Å². The van der Waals surface area contributed by atoms with Gasteiger partial charge in [-0.15, -0.1) is 5.10 Å². The van der Waals surface area contributed by atoms with Crippen molar-refractivity contribution < 1.29 is 39.4 Å². The van der Waals surface area contributed by atoms with Crippen molar-refractivity contribution in [1.82, 2.24) is 9.78 Å². The van der Waals surface area contributed by atoms with E-state index in [1.165, 1.54) is 4.68 Å². The van der Waals surface area contributed by atoms with E-state index in [4.69, 9.17) is 25.5 Å². The van der Waals surface area contributed by atoms with Crippen LogP contribution in [0.4, 0.5) is 0 Å². The van der Waals surface area contributed by atoms with Gasteiger partial charge in [-0.3, -0.25) is 9.48 Å². The Kier molecular flexibility index (Phi) is 9.77. The summed E-state index contributed by atoms with van der Waals surface area (Å²) < 4.78 is 18.4. The van der Waals surface area contributed by atoms with Gasteiger partial charge in [0.05, 0.1) is 24.1 Å². The molecule has 1 fully saturated rings. The zero-order chi connectivity index (χ0) is 28.6. The van der Waals surface area contributed by atoms with Crippen LogP contribution in [0.1, 0.15) is 17.5 Å². The Hall–Kier alpha value is -3.91. The first kappa shape index (κ1) is 29.1. The maximum Gasteiger partial charge on any atom is 0.243 e. The van der Waals surface area contributed by atoms with Gasteiger partial charge < -0.3 is 40.4 Å². The molecule has 5 atom stereocenters. The first-order valence-electron chi connectivity index (χ1n) is 12.8. The van der Waals surface area contributed by atoms with Gasteiger partial charge >= 0.3 is 0 Å². The minimum Gasteiger partial charge on any atom is -0.494 e. The average Bonchev–Trinajstić information content (AvgIpc) is 3.29. The van der Waals surface area contributed by atoms with Crippen LogP contribution in [0.25, 0.3) is 21.3 Å². The van der Waals surface area contributed by atoms with Gasteiger partial charge in [0.15, 0.2) is 0 Å². The highest BCUT2D eigenvalue weighted by Crippen LogP contribution is 2.32. The number of nitrogens with zero attached hydrogens (tertiary/aromatic N) is 5. The monoisotopic (exact) mass is 556 g/mol. The molecule has 40 heavy (non-hydrogen) atoms. The lowest BCUT2D eigenvalue weighted by atomic mass is 9.99. The Morgan fingerprint density at radius 3 is 2.60 bits per heavy atom. The van der Waals surface area contributed by atoms with Crippen molar-refractivity contribution in [2.75, 3.05) is 19.8 Å². The predicted octanol–water partition coefficient (Wildman–Crippen LogP) is 0.565. The number of ether oxygens (including phenoxy) is 3. The van der Waals surface area contributed by atoms with Gasteiger partial charge in [-0.25, -0.2) is 0 Å². The van der Waals surface area contributed by atoms with E-state index < -0.39 is 43.2 Å². The molecule has 2 heterocycles. The normalized spacial score (nSPS) is 22.6. The zero-order valence-corrected chi connectivity index (χ0v) is 21.6. The maximum absolute atomic E-state index is 11.7. The number of nitrogens with two attached hydrogens (primary N) is 1. The summed E-state index contributed by atoms with van der Waals surface area (Å²) in [6.07, 6.45) is -5.54. The molecular weight excluding hydrogens is 524 g/mol. The summed E-state index contributed by atoms with van der Waals surface area (Å²) in [7, 11) is 0. The predicted molar refractivity (Wildman–Crippen MR) is 141 cm³/mol. The molecule has 0 unspecified atom stereocenters.